The molecule has 0 spiro atoms. The second-order valence-corrected chi connectivity index (χ2v) is 4.51. The fourth-order valence-corrected chi connectivity index (χ4v) is 1.64. The summed E-state index contributed by atoms with van der Waals surface area (Å²) in [5, 5.41) is 6.00. The van der Waals surface area contributed by atoms with Gasteiger partial charge >= 0.3 is 0 Å². The number of nitrogens with one attached hydrogen (secondary N) is 2. The van der Waals surface area contributed by atoms with Crippen molar-refractivity contribution in [2.24, 2.45) is 5.92 Å². The summed E-state index contributed by atoms with van der Waals surface area (Å²) in [5.41, 5.74) is 0.748. The number of rotatable bonds is 4. The van der Waals surface area contributed by atoms with Crippen LogP contribution >= 0.6 is 0 Å². The molecule has 1 aliphatic heterocycles. The monoisotopic (exact) mass is 234 g/mol. The van der Waals surface area contributed by atoms with E-state index in [1.807, 2.05) is 38.1 Å². The molecule has 92 valence electrons. The third kappa shape index (κ3) is 2.97. The number of ether oxygens (including phenoxy) is 1. The van der Waals surface area contributed by atoms with Gasteiger partial charge in [0.15, 0.2) is 0 Å². The minimum atomic E-state index is 0.0588. The van der Waals surface area contributed by atoms with E-state index in [-0.39, 0.29) is 17.9 Å². The number of amides is 1. The summed E-state index contributed by atoms with van der Waals surface area (Å²) in [4.78, 5) is 11.8. The second-order valence-electron chi connectivity index (χ2n) is 4.51. The summed E-state index contributed by atoms with van der Waals surface area (Å²) in [6, 6.07) is 7.52. The fraction of sp³-hybridized carbons (Fsp3) is 0.462. The van der Waals surface area contributed by atoms with Crippen LogP contribution in [0.2, 0.25) is 0 Å². The first kappa shape index (κ1) is 11.9. The number of para-hydroxylation sites is 2. The summed E-state index contributed by atoms with van der Waals surface area (Å²) in [5.74, 6) is 0.869. The van der Waals surface area contributed by atoms with Crippen molar-refractivity contribution in [1.82, 2.24) is 5.32 Å². The van der Waals surface area contributed by atoms with Crippen molar-refractivity contribution in [2.75, 3.05) is 18.4 Å². The molecule has 17 heavy (non-hydrogen) atoms. The van der Waals surface area contributed by atoms with E-state index < -0.39 is 0 Å². The molecule has 4 nitrogen and oxygen atoms in total. The van der Waals surface area contributed by atoms with Crippen molar-refractivity contribution in [3.8, 4) is 5.75 Å². The van der Waals surface area contributed by atoms with Crippen molar-refractivity contribution in [3.05, 3.63) is 24.3 Å². The number of hydrogen-bond donors (Lipinski definition) is 2. The number of hydrogen-bond acceptors (Lipinski definition) is 3. The molecule has 2 rings (SSSR count). The number of carbonyl (C=O) groups excluding carboxylic acids is 1. The maximum absolute atomic E-state index is 11.8. The van der Waals surface area contributed by atoms with Crippen LogP contribution in [0.25, 0.3) is 0 Å². The molecule has 0 aromatic heterocycles. The van der Waals surface area contributed by atoms with E-state index in [0.29, 0.717) is 0 Å². The Kier molecular flexibility index (Phi) is 3.64. The Bertz CT molecular complexity index is 400. The maximum atomic E-state index is 11.8. The SMILES string of the molecule is CC(C)Oc1ccccc1NC(=O)C1CNC1. The Labute approximate surface area is 101 Å². The van der Waals surface area contributed by atoms with Crippen LogP contribution < -0.4 is 15.4 Å². The lowest BCUT2D eigenvalue weighted by molar-refractivity contribution is -0.121. The molecule has 1 fully saturated rings. The van der Waals surface area contributed by atoms with Gasteiger partial charge in [-0.15, -0.1) is 0 Å². The summed E-state index contributed by atoms with van der Waals surface area (Å²) >= 11 is 0. The Morgan fingerprint density at radius 3 is 2.71 bits per heavy atom. The van der Waals surface area contributed by atoms with Gasteiger partial charge in [0, 0.05) is 13.1 Å². The van der Waals surface area contributed by atoms with E-state index in [2.05, 4.69) is 10.6 Å². The predicted octanol–water partition coefficient (Wildman–Crippen LogP) is 1.63. The highest BCUT2D eigenvalue weighted by atomic mass is 16.5. The Balaban J connectivity index is 2.05. The molecule has 1 aromatic carbocycles. The lowest BCUT2D eigenvalue weighted by Crippen LogP contribution is -2.48. The minimum Gasteiger partial charge on any atom is -0.489 e. The minimum absolute atomic E-state index is 0.0588. The maximum Gasteiger partial charge on any atom is 0.230 e. The van der Waals surface area contributed by atoms with Gasteiger partial charge in [0.1, 0.15) is 5.75 Å². The van der Waals surface area contributed by atoms with E-state index in [4.69, 9.17) is 4.74 Å². The molecule has 2 N–H and O–H groups in total. The quantitative estimate of drug-likeness (QED) is 0.832. The summed E-state index contributed by atoms with van der Waals surface area (Å²) in [6.07, 6.45) is 0.0958. The Morgan fingerprint density at radius 2 is 2.12 bits per heavy atom. The molecule has 0 radical (unpaired) electrons. The first-order chi connectivity index (χ1) is 8.16. The molecule has 0 bridgehead atoms. The third-order valence-electron chi connectivity index (χ3n) is 2.66. The fourth-order valence-electron chi connectivity index (χ4n) is 1.64. The smallest absolute Gasteiger partial charge is 0.230 e. The number of carbonyl (C=O) groups is 1. The first-order valence-corrected chi connectivity index (χ1v) is 5.94. The molecule has 0 saturated carbocycles. The van der Waals surface area contributed by atoms with Crippen molar-refractivity contribution < 1.29 is 9.53 Å². The predicted molar refractivity (Wildman–Crippen MR) is 67.2 cm³/mol. The van der Waals surface area contributed by atoms with E-state index in [1.54, 1.807) is 0 Å². The van der Waals surface area contributed by atoms with Crippen molar-refractivity contribution in [2.45, 2.75) is 20.0 Å². The lowest BCUT2D eigenvalue weighted by atomic mass is 10.0. The zero-order valence-corrected chi connectivity index (χ0v) is 10.2. The van der Waals surface area contributed by atoms with Crippen LogP contribution in [-0.2, 0) is 4.79 Å². The normalized spacial score (nSPS) is 15.5. The largest absolute Gasteiger partial charge is 0.489 e. The van der Waals surface area contributed by atoms with Gasteiger partial charge in [-0.2, -0.15) is 0 Å². The van der Waals surface area contributed by atoms with Gasteiger partial charge in [-0.1, -0.05) is 12.1 Å². The average molecular weight is 234 g/mol. The topological polar surface area (TPSA) is 50.4 Å². The molecule has 0 atom stereocenters. The average Bonchev–Trinajstić information content (AvgIpc) is 2.17. The van der Waals surface area contributed by atoms with Crippen molar-refractivity contribution in [1.29, 1.82) is 0 Å². The number of anilines is 1. The number of benzene rings is 1. The van der Waals surface area contributed by atoms with E-state index in [0.717, 1.165) is 24.5 Å². The molecule has 0 unspecified atom stereocenters. The zero-order chi connectivity index (χ0) is 12.3. The van der Waals surface area contributed by atoms with Gasteiger partial charge < -0.3 is 15.4 Å². The molecular weight excluding hydrogens is 216 g/mol. The van der Waals surface area contributed by atoms with E-state index in [1.165, 1.54) is 0 Å². The second kappa shape index (κ2) is 5.19. The molecule has 1 aliphatic rings. The highest BCUT2D eigenvalue weighted by Gasteiger charge is 2.25. The third-order valence-corrected chi connectivity index (χ3v) is 2.66. The van der Waals surface area contributed by atoms with Gasteiger partial charge in [0.25, 0.3) is 0 Å². The van der Waals surface area contributed by atoms with Gasteiger partial charge in [0.2, 0.25) is 5.91 Å². The molecule has 1 aromatic rings. The van der Waals surface area contributed by atoms with Crippen molar-refractivity contribution in [3.63, 3.8) is 0 Å². The molecule has 1 amide bonds. The van der Waals surface area contributed by atoms with Gasteiger partial charge in [0.05, 0.1) is 17.7 Å². The van der Waals surface area contributed by atoms with E-state index >= 15 is 0 Å². The summed E-state index contributed by atoms with van der Waals surface area (Å²) < 4.78 is 5.65. The zero-order valence-electron chi connectivity index (χ0n) is 10.2. The highest BCUT2D eigenvalue weighted by Crippen LogP contribution is 2.25. The first-order valence-electron chi connectivity index (χ1n) is 5.94. The van der Waals surface area contributed by atoms with Gasteiger partial charge in [-0.25, -0.2) is 0 Å². The van der Waals surface area contributed by atoms with Crippen LogP contribution in [0.3, 0.4) is 0 Å². The molecule has 1 heterocycles. The van der Waals surface area contributed by atoms with Crippen LogP contribution in [0.15, 0.2) is 24.3 Å². The molecule has 0 aliphatic carbocycles. The standard InChI is InChI=1S/C13H18N2O2/c1-9(2)17-12-6-4-3-5-11(12)15-13(16)10-7-14-8-10/h3-6,9-10,14H,7-8H2,1-2H3,(H,15,16). The lowest BCUT2D eigenvalue weighted by Gasteiger charge is -2.26. The van der Waals surface area contributed by atoms with E-state index in [9.17, 15) is 4.79 Å². The molecule has 1 saturated heterocycles. The Hall–Kier alpha value is -1.55. The van der Waals surface area contributed by atoms with Gasteiger partial charge in [-0.05, 0) is 26.0 Å². The highest BCUT2D eigenvalue weighted by molar-refractivity contribution is 5.94. The van der Waals surface area contributed by atoms with Crippen LogP contribution in [0.1, 0.15) is 13.8 Å². The van der Waals surface area contributed by atoms with Gasteiger partial charge in [-0.3, -0.25) is 4.79 Å². The van der Waals surface area contributed by atoms with Crippen LogP contribution in [0.4, 0.5) is 5.69 Å². The molecular formula is C13H18N2O2. The Morgan fingerprint density at radius 1 is 1.41 bits per heavy atom. The summed E-state index contributed by atoms with van der Waals surface area (Å²) in [7, 11) is 0. The van der Waals surface area contributed by atoms with Crippen LogP contribution in [0, 0.1) is 5.92 Å². The van der Waals surface area contributed by atoms with Crippen LogP contribution in [-0.4, -0.2) is 25.1 Å². The summed E-state index contributed by atoms with van der Waals surface area (Å²) in [6.45, 7) is 5.46. The van der Waals surface area contributed by atoms with Crippen molar-refractivity contribution >= 4 is 11.6 Å². The van der Waals surface area contributed by atoms with Crippen LogP contribution in [0.5, 0.6) is 5.75 Å². The molecule has 4 heteroatoms.